The van der Waals surface area contributed by atoms with Crippen LogP contribution in [0, 0.1) is 0 Å². The molecular weight excluding hydrogens is 480 g/mol. The number of aromatic nitrogens is 1. The molecule has 0 unspecified atom stereocenters. The third-order valence-electron chi connectivity index (χ3n) is 5.44. The Morgan fingerprint density at radius 1 is 1.32 bits per heavy atom. The van der Waals surface area contributed by atoms with E-state index in [0.717, 1.165) is 28.6 Å². The summed E-state index contributed by atoms with van der Waals surface area (Å²) in [6.45, 7) is 1.68. The molecule has 1 amide bonds. The number of rotatable bonds is 12. The van der Waals surface area contributed by atoms with E-state index < -0.39 is 34.0 Å². The predicted octanol–water partition coefficient (Wildman–Crippen LogP) is 1.44. The summed E-state index contributed by atoms with van der Waals surface area (Å²) >= 11 is 0.980. The number of carbonyl (C=O) groups is 2. The van der Waals surface area contributed by atoms with E-state index in [2.05, 4.69) is 15.2 Å². The number of nitrogens with zero attached hydrogens (tertiary/aromatic N) is 3. The first kappa shape index (κ1) is 26.1. The molecular formula is C22H30N4O6S2. The lowest BCUT2D eigenvalue weighted by Crippen LogP contribution is -2.51. The molecule has 1 fully saturated rings. The third kappa shape index (κ3) is 6.75. The maximum Gasteiger partial charge on any atom is 0.326 e. The SMILES string of the molecule is CN(C)CCCOc1ccc(C[C@H](NC(=O)[C@@H]2CCCN2S(=O)(=O)c2nccs2)C(=O)O)cc1. The standard InChI is InChI=1S/C22H30N4O6S2/c1-25(2)11-4-13-32-17-8-6-16(7-9-17)15-18(21(28)29)24-20(27)19-5-3-12-26(19)34(30,31)22-23-10-14-33-22/h6-10,14,18-19H,3-5,11-13,15H2,1-2H3,(H,24,27)(H,28,29)/t18-,19-/m0/s1. The number of amides is 1. The highest BCUT2D eigenvalue weighted by molar-refractivity contribution is 7.91. The van der Waals surface area contributed by atoms with Gasteiger partial charge in [0.2, 0.25) is 10.2 Å². The molecule has 1 aromatic heterocycles. The molecule has 1 aliphatic heterocycles. The zero-order valence-electron chi connectivity index (χ0n) is 19.2. The van der Waals surface area contributed by atoms with Gasteiger partial charge in [-0.2, -0.15) is 4.31 Å². The maximum atomic E-state index is 12.9. The van der Waals surface area contributed by atoms with Gasteiger partial charge in [0.1, 0.15) is 17.8 Å². The molecule has 0 aliphatic carbocycles. The second-order valence-electron chi connectivity index (χ2n) is 8.32. The van der Waals surface area contributed by atoms with Crippen molar-refractivity contribution in [1.82, 2.24) is 19.5 Å². The number of aliphatic carboxylic acids is 1. The Morgan fingerprint density at radius 3 is 2.68 bits per heavy atom. The van der Waals surface area contributed by atoms with Crippen molar-refractivity contribution in [3.63, 3.8) is 0 Å². The van der Waals surface area contributed by atoms with Crippen LogP contribution in [0.2, 0.25) is 0 Å². The fourth-order valence-corrected chi connectivity index (χ4v) is 6.32. The van der Waals surface area contributed by atoms with E-state index in [-0.39, 0.29) is 17.3 Å². The Bertz CT molecular complexity index is 1060. The Morgan fingerprint density at radius 2 is 2.06 bits per heavy atom. The van der Waals surface area contributed by atoms with Gasteiger partial charge in [0.05, 0.1) is 6.61 Å². The molecule has 1 aromatic carbocycles. The van der Waals surface area contributed by atoms with Crippen LogP contribution in [-0.2, 0) is 26.0 Å². The van der Waals surface area contributed by atoms with Crippen LogP contribution in [-0.4, -0.2) is 85.5 Å². The summed E-state index contributed by atoms with van der Waals surface area (Å²) in [5.74, 6) is -1.12. The number of hydrogen-bond donors (Lipinski definition) is 2. The van der Waals surface area contributed by atoms with Crippen LogP contribution < -0.4 is 10.1 Å². The van der Waals surface area contributed by atoms with E-state index in [1.807, 2.05) is 14.1 Å². The van der Waals surface area contributed by atoms with Gasteiger partial charge in [0.25, 0.3) is 10.0 Å². The second-order valence-corrected chi connectivity index (χ2v) is 11.3. The molecule has 1 aliphatic rings. The Labute approximate surface area is 203 Å². The van der Waals surface area contributed by atoms with Gasteiger partial charge in [-0.1, -0.05) is 12.1 Å². The summed E-state index contributed by atoms with van der Waals surface area (Å²) in [7, 11) is 0.0852. The summed E-state index contributed by atoms with van der Waals surface area (Å²) in [5.41, 5.74) is 0.715. The van der Waals surface area contributed by atoms with Gasteiger partial charge in [-0.15, -0.1) is 11.3 Å². The van der Waals surface area contributed by atoms with Crippen molar-refractivity contribution in [2.45, 2.75) is 42.1 Å². The van der Waals surface area contributed by atoms with E-state index in [0.29, 0.717) is 30.8 Å². The van der Waals surface area contributed by atoms with Crippen LogP contribution in [0.25, 0.3) is 0 Å². The predicted molar refractivity (Wildman–Crippen MR) is 127 cm³/mol. The van der Waals surface area contributed by atoms with Crippen molar-refractivity contribution in [1.29, 1.82) is 0 Å². The van der Waals surface area contributed by atoms with E-state index in [1.54, 1.807) is 29.6 Å². The fraction of sp³-hybridized carbons (Fsp3) is 0.500. The molecule has 2 heterocycles. The molecule has 2 atom stereocenters. The second kappa shape index (κ2) is 11.7. The normalized spacial score (nSPS) is 17.6. The summed E-state index contributed by atoms with van der Waals surface area (Å²) in [4.78, 5) is 30.7. The number of ether oxygens (including phenoxy) is 1. The highest BCUT2D eigenvalue weighted by Crippen LogP contribution is 2.27. The minimum absolute atomic E-state index is 0.0634. The van der Waals surface area contributed by atoms with E-state index in [9.17, 15) is 23.1 Å². The van der Waals surface area contributed by atoms with Crippen LogP contribution in [0.3, 0.4) is 0 Å². The third-order valence-corrected chi connectivity index (χ3v) is 8.53. The van der Waals surface area contributed by atoms with Crippen molar-refractivity contribution in [3.8, 4) is 5.75 Å². The summed E-state index contributed by atoms with van der Waals surface area (Å²) in [5, 5.41) is 13.7. The molecule has 0 saturated carbocycles. The highest BCUT2D eigenvalue weighted by atomic mass is 32.2. The number of nitrogens with one attached hydrogen (secondary N) is 1. The van der Waals surface area contributed by atoms with Crippen LogP contribution >= 0.6 is 11.3 Å². The van der Waals surface area contributed by atoms with E-state index in [1.165, 1.54) is 6.20 Å². The average Bonchev–Trinajstić information content (AvgIpc) is 3.50. The van der Waals surface area contributed by atoms with Gasteiger partial charge in [-0.25, -0.2) is 18.2 Å². The molecule has 10 nitrogen and oxygen atoms in total. The largest absolute Gasteiger partial charge is 0.494 e. The monoisotopic (exact) mass is 510 g/mol. The lowest BCUT2D eigenvalue weighted by atomic mass is 10.1. The smallest absolute Gasteiger partial charge is 0.326 e. The molecule has 186 valence electrons. The van der Waals surface area contributed by atoms with Gasteiger partial charge >= 0.3 is 5.97 Å². The minimum Gasteiger partial charge on any atom is -0.494 e. The Balaban J connectivity index is 1.60. The number of carboxylic acid groups (broad SMARTS) is 1. The van der Waals surface area contributed by atoms with Gasteiger partial charge < -0.3 is 20.1 Å². The zero-order valence-corrected chi connectivity index (χ0v) is 20.8. The van der Waals surface area contributed by atoms with Crippen molar-refractivity contribution >= 4 is 33.2 Å². The van der Waals surface area contributed by atoms with Gasteiger partial charge in [0.15, 0.2) is 0 Å². The Hall–Kier alpha value is -2.54. The first-order valence-electron chi connectivity index (χ1n) is 11.0. The van der Waals surface area contributed by atoms with E-state index >= 15 is 0 Å². The lowest BCUT2D eigenvalue weighted by Gasteiger charge is -2.24. The minimum atomic E-state index is -3.91. The van der Waals surface area contributed by atoms with Gasteiger partial charge in [-0.05, 0) is 51.1 Å². The first-order chi connectivity index (χ1) is 16.2. The van der Waals surface area contributed by atoms with E-state index in [4.69, 9.17) is 4.74 Å². The maximum absolute atomic E-state index is 12.9. The summed E-state index contributed by atoms with van der Waals surface area (Å²) in [6, 6.07) is 4.91. The van der Waals surface area contributed by atoms with Crippen molar-refractivity contribution in [2.24, 2.45) is 0 Å². The quantitative estimate of drug-likeness (QED) is 0.411. The molecule has 2 aromatic rings. The molecule has 3 rings (SSSR count). The molecule has 2 N–H and O–H groups in total. The van der Waals surface area contributed by atoms with Crippen LogP contribution in [0.5, 0.6) is 5.75 Å². The molecule has 0 bridgehead atoms. The molecule has 34 heavy (non-hydrogen) atoms. The number of thiazole rings is 1. The van der Waals surface area contributed by atoms with Gasteiger partial charge in [-0.3, -0.25) is 4.79 Å². The number of hydrogen-bond acceptors (Lipinski definition) is 8. The topological polar surface area (TPSA) is 129 Å². The number of carbonyl (C=O) groups excluding carboxylic acids is 1. The molecule has 0 radical (unpaired) electrons. The summed E-state index contributed by atoms with van der Waals surface area (Å²) < 4.78 is 32.4. The molecule has 12 heteroatoms. The Kier molecular flexibility index (Phi) is 9.00. The van der Waals surface area contributed by atoms with Crippen LogP contribution in [0.15, 0.2) is 40.2 Å². The highest BCUT2D eigenvalue weighted by Gasteiger charge is 2.41. The number of carboxylic acids is 1. The van der Waals surface area contributed by atoms with Crippen molar-refractivity contribution < 1.29 is 27.9 Å². The first-order valence-corrected chi connectivity index (χ1v) is 13.3. The van der Waals surface area contributed by atoms with Crippen LogP contribution in [0.4, 0.5) is 0 Å². The number of benzene rings is 1. The molecule has 1 saturated heterocycles. The average molecular weight is 511 g/mol. The number of sulfonamides is 1. The van der Waals surface area contributed by atoms with Crippen LogP contribution in [0.1, 0.15) is 24.8 Å². The van der Waals surface area contributed by atoms with Crippen molar-refractivity contribution in [2.75, 3.05) is 33.8 Å². The molecule has 0 spiro atoms. The lowest BCUT2D eigenvalue weighted by molar-refractivity contribution is -0.142. The fourth-order valence-electron chi connectivity index (χ4n) is 3.72. The summed E-state index contributed by atoms with van der Waals surface area (Å²) in [6.07, 6.45) is 3.18. The zero-order chi connectivity index (χ0) is 24.7. The van der Waals surface area contributed by atoms with Gasteiger partial charge in [0, 0.05) is 31.1 Å². The van der Waals surface area contributed by atoms with Crippen molar-refractivity contribution in [3.05, 3.63) is 41.4 Å².